The number of nitrogens with one attached hydrogen (secondary N) is 2. The molecule has 8 nitrogen and oxygen atoms in total. The summed E-state index contributed by atoms with van der Waals surface area (Å²) < 4.78 is 38.6. The molecule has 9 heteroatoms. The Morgan fingerprint density at radius 1 is 1.10 bits per heavy atom. The van der Waals surface area contributed by atoms with E-state index in [1.54, 1.807) is 43.3 Å². The highest BCUT2D eigenvalue weighted by Crippen LogP contribution is 2.28. The lowest BCUT2D eigenvalue weighted by Crippen LogP contribution is -2.13. The van der Waals surface area contributed by atoms with Crippen molar-refractivity contribution in [2.24, 2.45) is 0 Å². The number of aromatic nitrogens is 1. The van der Waals surface area contributed by atoms with Crippen LogP contribution in [0.25, 0.3) is 12.2 Å². The first-order valence-corrected chi connectivity index (χ1v) is 10.9. The van der Waals surface area contributed by atoms with Crippen LogP contribution < -0.4 is 14.8 Å². The Morgan fingerprint density at radius 2 is 1.81 bits per heavy atom. The molecular formula is C22H23N3O5S. The fraction of sp³-hybridized carbons (Fsp3) is 0.182. The van der Waals surface area contributed by atoms with Crippen LogP contribution in [0.5, 0.6) is 5.75 Å². The molecule has 0 unspecified atom stereocenters. The zero-order valence-electron chi connectivity index (χ0n) is 17.6. The van der Waals surface area contributed by atoms with Crippen molar-refractivity contribution >= 4 is 39.5 Å². The minimum Gasteiger partial charge on any atom is -0.495 e. The summed E-state index contributed by atoms with van der Waals surface area (Å²) in [5.74, 6) is 0.608. The first-order valence-electron chi connectivity index (χ1n) is 9.39. The summed E-state index contributed by atoms with van der Waals surface area (Å²) in [5, 5.41) is 6.53. The SMILES string of the molecule is COc1ccc(C)cc1NS(=O)(=O)c1ccc(C=Cc2onc(C)c2NC(C)=O)cc1. The number of amides is 1. The molecule has 0 atom stereocenters. The van der Waals surface area contributed by atoms with Gasteiger partial charge >= 0.3 is 0 Å². The molecule has 3 rings (SSSR count). The number of sulfonamides is 1. The molecule has 0 saturated carbocycles. The van der Waals surface area contributed by atoms with Gasteiger partial charge in [-0.1, -0.05) is 29.4 Å². The van der Waals surface area contributed by atoms with Gasteiger partial charge in [0.05, 0.1) is 17.7 Å². The molecule has 0 saturated heterocycles. The van der Waals surface area contributed by atoms with E-state index in [0.717, 1.165) is 11.1 Å². The Morgan fingerprint density at radius 3 is 2.45 bits per heavy atom. The van der Waals surface area contributed by atoms with E-state index in [9.17, 15) is 13.2 Å². The van der Waals surface area contributed by atoms with E-state index < -0.39 is 10.0 Å². The largest absolute Gasteiger partial charge is 0.495 e. The maximum Gasteiger partial charge on any atom is 0.262 e. The lowest BCUT2D eigenvalue weighted by Gasteiger charge is -2.12. The Bertz CT molecular complexity index is 1230. The normalized spacial score (nSPS) is 11.5. The van der Waals surface area contributed by atoms with Gasteiger partial charge in [0.1, 0.15) is 17.1 Å². The van der Waals surface area contributed by atoms with Gasteiger partial charge in [0, 0.05) is 6.92 Å². The number of hydrogen-bond acceptors (Lipinski definition) is 6. The highest BCUT2D eigenvalue weighted by Gasteiger charge is 2.17. The summed E-state index contributed by atoms with van der Waals surface area (Å²) in [5.41, 5.74) is 3.08. The van der Waals surface area contributed by atoms with E-state index in [1.807, 2.05) is 13.0 Å². The molecule has 1 heterocycles. The zero-order chi connectivity index (χ0) is 22.6. The average molecular weight is 442 g/mol. The highest BCUT2D eigenvalue weighted by molar-refractivity contribution is 7.92. The van der Waals surface area contributed by atoms with Crippen molar-refractivity contribution < 1.29 is 22.5 Å². The number of nitrogens with zero attached hydrogens (tertiary/aromatic N) is 1. The molecule has 0 aliphatic rings. The second kappa shape index (κ2) is 9.05. The Kier molecular flexibility index (Phi) is 6.45. The number of carbonyl (C=O) groups is 1. The minimum atomic E-state index is -3.79. The molecule has 0 fully saturated rings. The van der Waals surface area contributed by atoms with E-state index in [2.05, 4.69) is 15.2 Å². The molecule has 0 spiro atoms. The van der Waals surface area contributed by atoms with Crippen LogP contribution >= 0.6 is 0 Å². The molecule has 31 heavy (non-hydrogen) atoms. The zero-order valence-corrected chi connectivity index (χ0v) is 18.4. The topological polar surface area (TPSA) is 111 Å². The van der Waals surface area contributed by atoms with Crippen LogP contribution in [0.3, 0.4) is 0 Å². The van der Waals surface area contributed by atoms with Crippen molar-refractivity contribution in [2.45, 2.75) is 25.7 Å². The van der Waals surface area contributed by atoms with Gasteiger partial charge in [-0.05, 0) is 55.3 Å². The van der Waals surface area contributed by atoms with E-state index in [0.29, 0.717) is 28.6 Å². The predicted octanol–water partition coefficient (Wildman–Crippen LogP) is 4.23. The number of aryl methyl sites for hydroxylation is 2. The molecular weight excluding hydrogens is 418 g/mol. The van der Waals surface area contributed by atoms with Crippen molar-refractivity contribution in [3.05, 3.63) is 65.0 Å². The van der Waals surface area contributed by atoms with Crippen molar-refractivity contribution in [1.82, 2.24) is 5.16 Å². The molecule has 1 aromatic heterocycles. The molecule has 0 aliphatic heterocycles. The third-order valence-corrected chi connectivity index (χ3v) is 5.79. The van der Waals surface area contributed by atoms with E-state index in [4.69, 9.17) is 9.26 Å². The van der Waals surface area contributed by atoms with Gasteiger partial charge in [-0.2, -0.15) is 0 Å². The third kappa shape index (κ3) is 5.32. The maximum absolute atomic E-state index is 12.8. The standard InChI is InChI=1S/C22H23N3O5S/c1-14-5-11-20(29-4)19(13-14)25-31(27,28)18-9-6-17(7-10-18)8-12-21-22(23-16(3)26)15(2)24-30-21/h5-13,25H,1-4H3,(H,23,26). The Labute approximate surface area is 181 Å². The fourth-order valence-corrected chi connectivity index (χ4v) is 3.93. The van der Waals surface area contributed by atoms with Crippen molar-refractivity contribution in [2.75, 3.05) is 17.1 Å². The van der Waals surface area contributed by atoms with Crippen LogP contribution in [0.15, 0.2) is 51.9 Å². The first-order chi connectivity index (χ1) is 14.7. The van der Waals surface area contributed by atoms with Crippen LogP contribution in [0.4, 0.5) is 11.4 Å². The van der Waals surface area contributed by atoms with Gasteiger partial charge in [0.2, 0.25) is 5.91 Å². The van der Waals surface area contributed by atoms with Crippen LogP contribution in [-0.4, -0.2) is 26.6 Å². The van der Waals surface area contributed by atoms with Crippen molar-refractivity contribution in [3.8, 4) is 5.75 Å². The molecule has 0 aliphatic carbocycles. The van der Waals surface area contributed by atoms with E-state index in [-0.39, 0.29) is 10.8 Å². The second-order valence-electron chi connectivity index (χ2n) is 6.90. The fourth-order valence-electron chi connectivity index (χ4n) is 2.86. The number of ether oxygens (including phenoxy) is 1. The molecule has 2 N–H and O–H groups in total. The number of rotatable bonds is 7. The summed E-state index contributed by atoms with van der Waals surface area (Å²) >= 11 is 0. The van der Waals surface area contributed by atoms with E-state index >= 15 is 0 Å². The highest BCUT2D eigenvalue weighted by atomic mass is 32.2. The monoisotopic (exact) mass is 441 g/mol. The Hall–Kier alpha value is -3.59. The number of anilines is 2. The van der Waals surface area contributed by atoms with Gasteiger partial charge in [-0.3, -0.25) is 9.52 Å². The van der Waals surface area contributed by atoms with Crippen molar-refractivity contribution in [1.29, 1.82) is 0 Å². The molecule has 0 bridgehead atoms. The number of methoxy groups -OCH3 is 1. The van der Waals surface area contributed by atoms with E-state index in [1.165, 1.54) is 26.2 Å². The van der Waals surface area contributed by atoms with Gasteiger partial charge in [0.15, 0.2) is 5.76 Å². The van der Waals surface area contributed by atoms with Crippen LogP contribution in [0, 0.1) is 13.8 Å². The molecule has 0 radical (unpaired) electrons. The smallest absolute Gasteiger partial charge is 0.262 e. The summed E-state index contributed by atoms with van der Waals surface area (Å²) in [4.78, 5) is 11.4. The van der Waals surface area contributed by atoms with Gasteiger partial charge in [-0.15, -0.1) is 0 Å². The van der Waals surface area contributed by atoms with Crippen LogP contribution in [0.1, 0.15) is 29.5 Å². The van der Waals surface area contributed by atoms with Gasteiger partial charge < -0.3 is 14.6 Å². The molecule has 3 aromatic rings. The predicted molar refractivity (Wildman–Crippen MR) is 119 cm³/mol. The lowest BCUT2D eigenvalue weighted by molar-refractivity contribution is -0.114. The lowest BCUT2D eigenvalue weighted by atomic mass is 10.2. The first kappa shape index (κ1) is 22.1. The van der Waals surface area contributed by atoms with Crippen LogP contribution in [-0.2, 0) is 14.8 Å². The van der Waals surface area contributed by atoms with Crippen molar-refractivity contribution in [3.63, 3.8) is 0 Å². The Balaban J connectivity index is 1.79. The average Bonchev–Trinajstić information content (AvgIpc) is 3.05. The molecule has 2 aromatic carbocycles. The summed E-state index contributed by atoms with van der Waals surface area (Å²) in [7, 11) is -2.31. The summed E-state index contributed by atoms with van der Waals surface area (Å²) in [6.45, 7) is 4.99. The molecule has 1 amide bonds. The van der Waals surface area contributed by atoms with Crippen LogP contribution in [0.2, 0.25) is 0 Å². The second-order valence-corrected chi connectivity index (χ2v) is 8.58. The van der Waals surface area contributed by atoms with Gasteiger partial charge in [-0.25, -0.2) is 8.42 Å². The van der Waals surface area contributed by atoms with Gasteiger partial charge in [0.25, 0.3) is 10.0 Å². The summed E-state index contributed by atoms with van der Waals surface area (Å²) in [6.07, 6.45) is 3.39. The third-order valence-electron chi connectivity index (χ3n) is 4.41. The number of hydrogen-bond donors (Lipinski definition) is 2. The number of carbonyl (C=O) groups excluding carboxylic acids is 1. The quantitative estimate of drug-likeness (QED) is 0.568. The molecule has 162 valence electrons. The summed E-state index contributed by atoms with van der Waals surface area (Å²) in [6, 6.07) is 11.6. The minimum absolute atomic E-state index is 0.114. The maximum atomic E-state index is 12.8. The number of benzene rings is 2.